The van der Waals surface area contributed by atoms with Crippen LogP contribution in [0, 0.1) is 13.8 Å². The largest absolute Gasteiger partial charge is 0.346 e. The molecule has 4 nitrogen and oxygen atoms in total. The van der Waals surface area contributed by atoms with Gasteiger partial charge in [0.15, 0.2) is 0 Å². The van der Waals surface area contributed by atoms with Crippen molar-refractivity contribution < 1.29 is 9.59 Å². The molecule has 0 spiro atoms. The molecule has 0 atom stereocenters. The Bertz CT molecular complexity index is 808. The first-order chi connectivity index (χ1) is 11.9. The third-order valence-electron chi connectivity index (χ3n) is 4.72. The molecule has 1 aliphatic rings. The van der Waals surface area contributed by atoms with Gasteiger partial charge >= 0.3 is 0 Å². The smallest absolute Gasteiger partial charge is 0.243 e. The molecular weight excluding hydrogens is 336 g/mol. The standard InChI is InChI=1S/C20H21ClN2O2/c1-13-5-3-6-14(2)18(13)23-17(24)12-22-19(25)20(9-10-20)15-7-4-8-16(21)11-15/h3-8,11H,9-10,12H2,1-2H3,(H,22,25)(H,23,24). The van der Waals surface area contributed by atoms with Crippen LogP contribution in [0.5, 0.6) is 0 Å². The van der Waals surface area contributed by atoms with Crippen molar-refractivity contribution >= 4 is 29.1 Å². The average molecular weight is 357 g/mol. The number of hydrogen-bond acceptors (Lipinski definition) is 2. The Labute approximate surface area is 152 Å². The van der Waals surface area contributed by atoms with Crippen LogP contribution in [0.15, 0.2) is 42.5 Å². The first-order valence-electron chi connectivity index (χ1n) is 8.33. The predicted molar refractivity (Wildman–Crippen MR) is 99.9 cm³/mol. The van der Waals surface area contributed by atoms with Crippen LogP contribution < -0.4 is 10.6 Å². The second-order valence-corrected chi connectivity index (χ2v) is 7.03. The van der Waals surface area contributed by atoms with Gasteiger partial charge in [0.2, 0.25) is 11.8 Å². The number of anilines is 1. The van der Waals surface area contributed by atoms with Gasteiger partial charge in [-0.2, -0.15) is 0 Å². The van der Waals surface area contributed by atoms with Gasteiger partial charge in [-0.3, -0.25) is 9.59 Å². The van der Waals surface area contributed by atoms with Crippen molar-refractivity contribution in [2.24, 2.45) is 0 Å². The van der Waals surface area contributed by atoms with Crippen LogP contribution in [-0.4, -0.2) is 18.4 Å². The molecule has 0 heterocycles. The van der Waals surface area contributed by atoms with Gasteiger partial charge in [-0.15, -0.1) is 0 Å². The van der Waals surface area contributed by atoms with Crippen LogP contribution in [0.1, 0.15) is 29.5 Å². The fourth-order valence-corrected chi connectivity index (χ4v) is 3.27. The maximum absolute atomic E-state index is 12.6. The lowest BCUT2D eigenvalue weighted by atomic mass is 9.95. The minimum absolute atomic E-state index is 0.0467. The molecule has 130 valence electrons. The highest BCUT2D eigenvalue weighted by molar-refractivity contribution is 6.30. The van der Waals surface area contributed by atoms with Crippen LogP contribution in [0.4, 0.5) is 5.69 Å². The molecule has 2 N–H and O–H groups in total. The Kier molecular flexibility index (Phi) is 4.82. The zero-order chi connectivity index (χ0) is 18.0. The van der Waals surface area contributed by atoms with Gasteiger partial charge in [-0.05, 0) is 55.5 Å². The molecule has 1 saturated carbocycles. The molecule has 0 aromatic heterocycles. The number of carbonyl (C=O) groups is 2. The molecule has 3 rings (SSSR count). The number of rotatable bonds is 5. The summed E-state index contributed by atoms with van der Waals surface area (Å²) >= 11 is 6.03. The van der Waals surface area contributed by atoms with Crippen molar-refractivity contribution in [3.05, 3.63) is 64.2 Å². The number of amides is 2. The lowest BCUT2D eigenvalue weighted by Gasteiger charge is -2.16. The van der Waals surface area contributed by atoms with Gasteiger partial charge in [0, 0.05) is 10.7 Å². The second-order valence-electron chi connectivity index (χ2n) is 6.59. The van der Waals surface area contributed by atoms with Crippen molar-refractivity contribution in [2.45, 2.75) is 32.1 Å². The molecule has 25 heavy (non-hydrogen) atoms. The number of nitrogens with one attached hydrogen (secondary N) is 2. The van der Waals surface area contributed by atoms with E-state index in [0.717, 1.165) is 35.2 Å². The Morgan fingerprint density at radius 1 is 1.08 bits per heavy atom. The summed E-state index contributed by atoms with van der Waals surface area (Å²) in [7, 11) is 0. The summed E-state index contributed by atoms with van der Waals surface area (Å²) in [5.41, 5.74) is 3.17. The predicted octanol–water partition coefficient (Wildman–Crippen LogP) is 3.74. The van der Waals surface area contributed by atoms with E-state index in [2.05, 4.69) is 10.6 Å². The molecule has 0 radical (unpaired) electrons. The number of carbonyl (C=O) groups excluding carboxylic acids is 2. The molecule has 5 heteroatoms. The van der Waals surface area contributed by atoms with Crippen molar-refractivity contribution in [1.29, 1.82) is 0 Å². The number of halogens is 1. The lowest BCUT2D eigenvalue weighted by molar-refractivity contribution is -0.126. The highest BCUT2D eigenvalue weighted by atomic mass is 35.5. The zero-order valence-electron chi connectivity index (χ0n) is 14.4. The molecule has 0 unspecified atom stereocenters. The fourth-order valence-electron chi connectivity index (χ4n) is 3.08. The van der Waals surface area contributed by atoms with E-state index in [1.807, 2.05) is 50.2 Å². The van der Waals surface area contributed by atoms with Gasteiger partial charge < -0.3 is 10.6 Å². The van der Waals surface area contributed by atoms with Gasteiger partial charge in [0.05, 0.1) is 12.0 Å². The minimum atomic E-state index is -0.538. The number of benzene rings is 2. The highest BCUT2D eigenvalue weighted by Gasteiger charge is 2.51. The maximum atomic E-state index is 12.6. The Balaban J connectivity index is 1.62. The molecule has 0 aliphatic heterocycles. The van der Waals surface area contributed by atoms with Crippen LogP contribution in [0.3, 0.4) is 0 Å². The van der Waals surface area contributed by atoms with Gasteiger partial charge in [-0.25, -0.2) is 0 Å². The first kappa shape index (κ1) is 17.5. The lowest BCUT2D eigenvalue weighted by Crippen LogP contribution is -2.39. The van der Waals surface area contributed by atoms with Gasteiger partial charge in [0.25, 0.3) is 0 Å². The number of aryl methyl sites for hydroxylation is 2. The Morgan fingerprint density at radius 3 is 2.32 bits per heavy atom. The highest BCUT2D eigenvalue weighted by Crippen LogP contribution is 2.48. The average Bonchev–Trinajstić information content (AvgIpc) is 3.38. The Hall–Kier alpha value is -2.33. The maximum Gasteiger partial charge on any atom is 0.243 e. The van der Waals surface area contributed by atoms with Crippen molar-refractivity contribution in [1.82, 2.24) is 5.32 Å². The van der Waals surface area contributed by atoms with E-state index in [4.69, 9.17) is 11.6 Å². The quantitative estimate of drug-likeness (QED) is 0.857. The van der Waals surface area contributed by atoms with Crippen LogP contribution in [0.2, 0.25) is 5.02 Å². The van der Waals surface area contributed by atoms with E-state index in [1.165, 1.54) is 0 Å². The monoisotopic (exact) mass is 356 g/mol. The molecule has 0 bridgehead atoms. The van der Waals surface area contributed by atoms with E-state index in [-0.39, 0.29) is 18.4 Å². The van der Waals surface area contributed by atoms with Crippen LogP contribution in [0.25, 0.3) is 0 Å². The second kappa shape index (κ2) is 6.89. The van der Waals surface area contributed by atoms with Crippen LogP contribution >= 0.6 is 11.6 Å². The third kappa shape index (κ3) is 3.69. The Morgan fingerprint density at radius 2 is 1.72 bits per heavy atom. The zero-order valence-corrected chi connectivity index (χ0v) is 15.1. The molecule has 1 fully saturated rings. The molecule has 2 amide bonds. The van der Waals surface area contributed by atoms with Gasteiger partial charge in [0.1, 0.15) is 0 Å². The molecule has 2 aromatic rings. The summed E-state index contributed by atoms with van der Waals surface area (Å²) in [5.74, 6) is -0.348. The summed E-state index contributed by atoms with van der Waals surface area (Å²) in [6.45, 7) is 3.84. The summed E-state index contributed by atoms with van der Waals surface area (Å²) in [6.07, 6.45) is 1.55. The van der Waals surface area contributed by atoms with E-state index in [0.29, 0.717) is 5.02 Å². The SMILES string of the molecule is Cc1cccc(C)c1NC(=O)CNC(=O)C1(c2cccc(Cl)c2)CC1. The molecule has 1 aliphatic carbocycles. The fraction of sp³-hybridized carbons (Fsp3) is 0.300. The van der Waals surface area contributed by atoms with Crippen LogP contribution in [-0.2, 0) is 15.0 Å². The summed E-state index contributed by atoms with van der Waals surface area (Å²) in [6, 6.07) is 13.2. The van der Waals surface area contributed by atoms with Crippen molar-refractivity contribution in [3.63, 3.8) is 0 Å². The summed E-state index contributed by atoms with van der Waals surface area (Å²) in [4.78, 5) is 24.8. The van der Waals surface area contributed by atoms with E-state index >= 15 is 0 Å². The summed E-state index contributed by atoms with van der Waals surface area (Å²) < 4.78 is 0. The van der Waals surface area contributed by atoms with E-state index < -0.39 is 5.41 Å². The summed E-state index contributed by atoms with van der Waals surface area (Å²) in [5, 5.41) is 6.26. The number of para-hydroxylation sites is 1. The van der Waals surface area contributed by atoms with E-state index in [9.17, 15) is 9.59 Å². The first-order valence-corrected chi connectivity index (χ1v) is 8.70. The van der Waals surface area contributed by atoms with Crippen molar-refractivity contribution in [2.75, 3.05) is 11.9 Å². The molecular formula is C20H21ClN2O2. The van der Waals surface area contributed by atoms with E-state index in [1.54, 1.807) is 6.07 Å². The number of hydrogen-bond donors (Lipinski definition) is 2. The van der Waals surface area contributed by atoms with Gasteiger partial charge in [-0.1, -0.05) is 41.9 Å². The minimum Gasteiger partial charge on any atom is -0.346 e. The normalized spacial score (nSPS) is 14.7. The molecule has 2 aromatic carbocycles. The topological polar surface area (TPSA) is 58.2 Å². The third-order valence-corrected chi connectivity index (χ3v) is 4.95. The molecule has 0 saturated heterocycles. The van der Waals surface area contributed by atoms with Crippen molar-refractivity contribution in [3.8, 4) is 0 Å².